The lowest BCUT2D eigenvalue weighted by Crippen LogP contribution is -2.25. The molecule has 0 aliphatic carbocycles. The quantitative estimate of drug-likeness (QED) is 0.796. The van der Waals surface area contributed by atoms with Gasteiger partial charge in [-0.1, -0.05) is 15.9 Å². The van der Waals surface area contributed by atoms with Crippen molar-refractivity contribution < 1.29 is 19.1 Å². The molecule has 1 aromatic rings. The zero-order chi connectivity index (χ0) is 14.6. The summed E-state index contributed by atoms with van der Waals surface area (Å²) in [6.07, 6.45) is 0. The van der Waals surface area contributed by atoms with E-state index in [1.54, 1.807) is 45.9 Å². The molecular formula is C14H17BrO4. The van der Waals surface area contributed by atoms with E-state index in [9.17, 15) is 9.59 Å². The van der Waals surface area contributed by atoms with Crippen LogP contribution in [0.1, 0.15) is 48.4 Å². The molecule has 1 rings (SSSR count). The van der Waals surface area contributed by atoms with Crippen LogP contribution < -0.4 is 0 Å². The van der Waals surface area contributed by atoms with Gasteiger partial charge in [-0.2, -0.15) is 0 Å². The van der Waals surface area contributed by atoms with Crippen LogP contribution in [0.15, 0.2) is 22.7 Å². The van der Waals surface area contributed by atoms with Gasteiger partial charge < -0.3 is 9.47 Å². The minimum Gasteiger partial charge on any atom is -0.462 e. The highest BCUT2D eigenvalue weighted by Gasteiger charge is 2.23. The van der Waals surface area contributed by atoms with E-state index in [2.05, 4.69) is 15.9 Å². The molecule has 0 bridgehead atoms. The average Bonchev–Trinajstić information content (AvgIpc) is 2.26. The van der Waals surface area contributed by atoms with Crippen LogP contribution in [-0.4, -0.2) is 24.1 Å². The molecule has 0 aliphatic heterocycles. The van der Waals surface area contributed by atoms with E-state index in [0.717, 1.165) is 0 Å². The van der Waals surface area contributed by atoms with E-state index in [0.29, 0.717) is 4.47 Å². The lowest BCUT2D eigenvalue weighted by molar-refractivity contribution is 0.00643. The number of carbonyl (C=O) groups excluding carboxylic acids is 2. The van der Waals surface area contributed by atoms with Crippen LogP contribution in [0.25, 0.3) is 0 Å². The van der Waals surface area contributed by atoms with E-state index in [1.807, 2.05) is 0 Å². The van der Waals surface area contributed by atoms with E-state index in [4.69, 9.17) is 9.47 Å². The summed E-state index contributed by atoms with van der Waals surface area (Å²) >= 11 is 3.27. The van der Waals surface area contributed by atoms with Gasteiger partial charge >= 0.3 is 11.9 Å². The monoisotopic (exact) mass is 328 g/mol. The summed E-state index contributed by atoms with van der Waals surface area (Å²) in [7, 11) is 0. The summed E-state index contributed by atoms with van der Waals surface area (Å²) in [5, 5.41) is 0. The number of ether oxygens (including phenoxy) is 2. The molecule has 0 N–H and O–H groups in total. The van der Waals surface area contributed by atoms with Crippen LogP contribution in [0.4, 0.5) is 0 Å². The number of esters is 2. The van der Waals surface area contributed by atoms with Crippen LogP contribution >= 0.6 is 15.9 Å². The third-order valence-electron chi connectivity index (χ3n) is 2.10. The standard InChI is InChI=1S/C14H17BrO4/c1-5-18-12(16)10-7-6-9(15)8-11(10)13(17)19-14(2,3)4/h6-8H,5H2,1-4H3. The summed E-state index contributed by atoms with van der Waals surface area (Å²) in [6, 6.07) is 4.78. The van der Waals surface area contributed by atoms with Gasteiger partial charge in [0.05, 0.1) is 17.7 Å². The third kappa shape index (κ3) is 4.67. The number of rotatable bonds is 3. The topological polar surface area (TPSA) is 52.6 Å². The van der Waals surface area contributed by atoms with Gasteiger partial charge in [-0.3, -0.25) is 0 Å². The number of hydrogen-bond donors (Lipinski definition) is 0. The highest BCUT2D eigenvalue weighted by atomic mass is 79.9. The molecule has 5 heteroatoms. The Morgan fingerprint density at radius 2 is 1.79 bits per heavy atom. The largest absolute Gasteiger partial charge is 0.462 e. The number of benzene rings is 1. The summed E-state index contributed by atoms with van der Waals surface area (Å²) < 4.78 is 10.9. The molecule has 104 valence electrons. The second-order valence-corrected chi connectivity index (χ2v) is 5.83. The predicted molar refractivity (Wildman–Crippen MR) is 75.3 cm³/mol. The fraction of sp³-hybridized carbons (Fsp3) is 0.429. The first kappa shape index (κ1) is 15.7. The number of carbonyl (C=O) groups is 2. The summed E-state index contributed by atoms with van der Waals surface area (Å²) in [4.78, 5) is 23.9. The third-order valence-corrected chi connectivity index (χ3v) is 2.59. The number of hydrogen-bond acceptors (Lipinski definition) is 4. The molecular weight excluding hydrogens is 312 g/mol. The van der Waals surface area contributed by atoms with Crippen LogP contribution in [0, 0.1) is 0 Å². The molecule has 4 nitrogen and oxygen atoms in total. The lowest BCUT2D eigenvalue weighted by Gasteiger charge is -2.20. The minimum absolute atomic E-state index is 0.197. The highest BCUT2D eigenvalue weighted by Crippen LogP contribution is 2.21. The van der Waals surface area contributed by atoms with Crippen molar-refractivity contribution >= 4 is 27.9 Å². The minimum atomic E-state index is -0.620. The van der Waals surface area contributed by atoms with Crippen molar-refractivity contribution in [3.8, 4) is 0 Å². The molecule has 0 heterocycles. The summed E-state index contributed by atoms with van der Waals surface area (Å²) in [5.74, 6) is -1.08. The van der Waals surface area contributed by atoms with Gasteiger partial charge in [-0.05, 0) is 45.9 Å². The molecule has 19 heavy (non-hydrogen) atoms. The van der Waals surface area contributed by atoms with E-state index in [-0.39, 0.29) is 17.7 Å². The van der Waals surface area contributed by atoms with Gasteiger partial charge in [0, 0.05) is 4.47 Å². The Morgan fingerprint density at radius 3 is 2.32 bits per heavy atom. The molecule has 0 saturated carbocycles. The average molecular weight is 329 g/mol. The summed E-state index contributed by atoms with van der Waals surface area (Å²) in [5.41, 5.74) is -0.215. The maximum atomic E-state index is 12.1. The van der Waals surface area contributed by atoms with Crippen molar-refractivity contribution in [3.05, 3.63) is 33.8 Å². The normalized spacial score (nSPS) is 11.0. The molecule has 0 aliphatic rings. The maximum absolute atomic E-state index is 12.1. The van der Waals surface area contributed by atoms with Crippen molar-refractivity contribution in [1.29, 1.82) is 0 Å². The zero-order valence-corrected chi connectivity index (χ0v) is 13.0. The lowest BCUT2D eigenvalue weighted by atomic mass is 10.1. The van der Waals surface area contributed by atoms with Gasteiger partial charge in [-0.25, -0.2) is 9.59 Å². The molecule has 0 radical (unpaired) electrons. The Morgan fingerprint density at radius 1 is 1.16 bits per heavy atom. The SMILES string of the molecule is CCOC(=O)c1ccc(Br)cc1C(=O)OC(C)(C)C. The second kappa shape index (κ2) is 6.19. The van der Waals surface area contributed by atoms with Gasteiger partial charge in [0.25, 0.3) is 0 Å². The van der Waals surface area contributed by atoms with E-state index < -0.39 is 17.5 Å². The highest BCUT2D eigenvalue weighted by molar-refractivity contribution is 9.10. The van der Waals surface area contributed by atoms with Gasteiger partial charge in [0.15, 0.2) is 0 Å². The van der Waals surface area contributed by atoms with Crippen molar-refractivity contribution in [3.63, 3.8) is 0 Å². The molecule has 0 fully saturated rings. The smallest absolute Gasteiger partial charge is 0.339 e. The van der Waals surface area contributed by atoms with Crippen molar-refractivity contribution in [2.24, 2.45) is 0 Å². The first-order valence-electron chi connectivity index (χ1n) is 5.94. The van der Waals surface area contributed by atoms with Crippen LogP contribution in [0.5, 0.6) is 0 Å². The van der Waals surface area contributed by atoms with Gasteiger partial charge in [0.1, 0.15) is 5.60 Å². The van der Waals surface area contributed by atoms with Gasteiger partial charge in [0.2, 0.25) is 0 Å². The van der Waals surface area contributed by atoms with Crippen molar-refractivity contribution in [2.45, 2.75) is 33.3 Å². The van der Waals surface area contributed by atoms with E-state index in [1.165, 1.54) is 0 Å². The van der Waals surface area contributed by atoms with Crippen molar-refractivity contribution in [1.82, 2.24) is 0 Å². The van der Waals surface area contributed by atoms with Crippen LogP contribution in [0.2, 0.25) is 0 Å². The molecule has 0 spiro atoms. The zero-order valence-electron chi connectivity index (χ0n) is 11.5. The molecule has 0 aromatic heterocycles. The maximum Gasteiger partial charge on any atom is 0.339 e. The van der Waals surface area contributed by atoms with Crippen molar-refractivity contribution in [2.75, 3.05) is 6.61 Å². The summed E-state index contributed by atoms with van der Waals surface area (Å²) in [6.45, 7) is 7.28. The fourth-order valence-corrected chi connectivity index (χ4v) is 1.77. The molecule has 0 amide bonds. The Labute approximate surface area is 121 Å². The van der Waals surface area contributed by atoms with Gasteiger partial charge in [-0.15, -0.1) is 0 Å². The molecule has 1 aromatic carbocycles. The Bertz CT molecular complexity index is 489. The first-order valence-corrected chi connectivity index (χ1v) is 6.74. The Balaban J connectivity index is 3.14. The van der Waals surface area contributed by atoms with Crippen LogP contribution in [0.3, 0.4) is 0 Å². The Hall–Kier alpha value is -1.36. The van der Waals surface area contributed by atoms with Crippen LogP contribution in [-0.2, 0) is 9.47 Å². The fourth-order valence-electron chi connectivity index (χ4n) is 1.41. The molecule has 0 unspecified atom stereocenters. The predicted octanol–water partition coefficient (Wildman–Crippen LogP) is 3.58. The number of halogens is 1. The molecule has 0 saturated heterocycles. The second-order valence-electron chi connectivity index (χ2n) is 4.91. The van der Waals surface area contributed by atoms with E-state index >= 15 is 0 Å². The first-order chi connectivity index (χ1) is 8.74. The Kier molecular flexibility index (Phi) is 5.11. The molecule has 0 atom stereocenters.